The van der Waals surface area contributed by atoms with Crippen LogP contribution in [-0.4, -0.2) is 14.1 Å². The van der Waals surface area contributed by atoms with Crippen LogP contribution in [0.15, 0.2) is 60.2 Å². The van der Waals surface area contributed by atoms with Crippen LogP contribution in [0.1, 0.15) is 25.1 Å². The minimum Gasteiger partial charge on any atom is -0.378 e. The summed E-state index contributed by atoms with van der Waals surface area (Å²) in [4.78, 5) is 6.61. The number of allylic oxidation sites excluding steroid dienone is 2. The highest BCUT2D eigenvalue weighted by atomic mass is 32.1. The summed E-state index contributed by atoms with van der Waals surface area (Å²) in [6.07, 6.45) is 11.1. The lowest BCUT2D eigenvalue weighted by molar-refractivity contribution is 1.13. The van der Waals surface area contributed by atoms with E-state index in [0.717, 1.165) is 16.2 Å². The van der Waals surface area contributed by atoms with Gasteiger partial charge in [-0.15, -0.1) is 22.7 Å². The largest absolute Gasteiger partial charge is 0.378 e. The van der Waals surface area contributed by atoms with Crippen LogP contribution in [0.4, 0.5) is 5.69 Å². The first-order valence-electron chi connectivity index (χ1n) is 9.40. The molecule has 0 saturated carbocycles. The third-order valence-corrected chi connectivity index (χ3v) is 6.38. The quantitative estimate of drug-likeness (QED) is 0.393. The fourth-order valence-corrected chi connectivity index (χ4v) is 4.47. The van der Waals surface area contributed by atoms with E-state index in [2.05, 4.69) is 65.6 Å². The Morgan fingerprint density at radius 2 is 1.47 bits per heavy atom. The average Bonchev–Trinajstić information content (AvgIpc) is 3.40. The molecule has 0 N–H and O–H groups in total. The van der Waals surface area contributed by atoms with Crippen LogP contribution in [0.2, 0.25) is 0 Å². The summed E-state index contributed by atoms with van der Waals surface area (Å²) in [5.41, 5.74) is 2.53. The molecule has 2 heterocycles. The van der Waals surface area contributed by atoms with Gasteiger partial charge in [0.2, 0.25) is 0 Å². The van der Waals surface area contributed by atoms with Crippen molar-refractivity contribution in [1.29, 1.82) is 10.5 Å². The van der Waals surface area contributed by atoms with Crippen LogP contribution in [0, 0.1) is 22.7 Å². The van der Waals surface area contributed by atoms with Crippen LogP contribution in [-0.2, 0) is 6.42 Å². The SMILES string of the molecule is CN(C)c1ccc(/C=C/Cc2ccc(/C=C/c3ccc(C=C(C#N)C#N)s3)s2)cc1. The highest BCUT2D eigenvalue weighted by molar-refractivity contribution is 7.14. The fourth-order valence-electron chi connectivity index (χ4n) is 2.72. The van der Waals surface area contributed by atoms with Gasteiger partial charge >= 0.3 is 0 Å². The second kappa shape index (κ2) is 10.4. The second-order valence-electron chi connectivity index (χ2n) is 6.75. The van der Waals surface area contributed by atoms with E-state index in [-0.39, 0.29) is 5.57 Å². The Morgan fingerprint density at radius 3 is 2.13 bits per heavy atom. The first-order valence-corrected chi connectivity index (χ1v) is 11.0. The maximum Gasteiger partial charge on any atom is 0.131 e. The first-order chi connectivity index (χ1) is 14.6. The summed E-state index contributed by atoms with van der Waals surface area (Å²) >= 11 is 3.34. The Labute approximate surface area is 185 Å². The molecule has 0 fully saturated rings. The predicted molar refractivity (Wildman–Crippen MR) is 130 cm³/mol. The van der Waals surface area contributed by atoms with Crippen molar-refractivity contribution in [3.05, 3.63) is 85.3 Å². The highest BCUT2D eigenvalue weighted by Gasteiger charge is 2.00. The molecule has 2 aromatic heterocycles. The molecule has 0 spiro atoms. The van der Waals surface area contributed by atoms with Gasteiger partial charge in [-0.2, -0.15) is 10.5 Å². The van der Waals surface area contributed by atoms with Crippen molar-refractivity contribution in [1.82, 2.24) is 0 Å². The monoisotopic (exact) mass is 427 g/mol. The minimum atomic E-state index is 0.122. The van der Waals surface area contributed by atoms with Crippen molar-refractivity contribution >= 4 is 52.7 Å². The molecule has 0 atom stereocenters. The van der Waals surface area contributed by atoms with E-state index in [1.165, 1.54) is 21.0 Å². The molecule has 3 aromatic rings. The third-order valence-electron chi connectivity index (χ3n) is 4.31. The van der Waals surface area contributed by atoms with Crippen LogP contribution in [0.3, 0.4) is 0 Å². The van der Waals surface area contributed by atoms with Gasteiger partial charge in [-0.05, 0) is 60.2 Å². The lowest BCUT2D eigenvalue weighted by atomic mass is 10.1. The van der Waals surface area contributed by atoms with Crippen LogP contribution in [0.25, 0.3) is 24.3 Å². The number of nitriles is 2. The smallest absolute Gasteiger partial charge is 0.131 e. The van der Waals surface area contributed by atoms with E-state index < -0.39 is 0 Å². The Morgan fingerprint density at radius 1 is 0.833 bits per heavy atom. The molecule has 0 radical (unpaired) electrons. The average molecular weight is 428 g/mol. The number of benzene rings is 1. The van der Waals surface area contributed by atoms with Gasteiger partial charge in [0.05, 0.1) is 0 Å². The second-order valence-corrected chi connectivity index (χ2v) is 9.10. The molecule has 0 unspecified atom stereocenters. The Hall–Kier alpha value is -3.38. The number of rotatable bonds is 7. The maximum atomic E-state index is 8.85. The molecule has 30 heavy (non-hydrogen) atoms. The van der Waals surface area contributed by atoms with Crippen LogP contribution >= 0.6 is 22.7 Å². The summed E-state index contributed by atoms with van der Waals surface area (Å²) in [5.74, 6) is 0. The summed E-state index contributed by atoms with van der Waals surface area (Å²) < 4.78 is 0. The van der Waals surface area contributed by atoms with Gasteiger partial charge in [-0.3, -0.25) is 0 Å². The molecular formula is C25H21N3S2. The van der Waals surface area contributed by atoms with E-state index in [1.807, 2.05) is 38.4 Å². The summed E-state index contributed by atoms with van der Waals surface area (Å²) in [7, 11) is 4.09. The van der Waals surface area contributed by atoms with Crippen molar-refractivity contribution in [2.45, 2.75) is 6.42 Å². The van der Waals surface area contributed by atoms with Crippen molar-refractivity contribution < 1.29 is 0 Å². The van der Waals surface area contributed by atoms with E-state index in [0.29, 0.717) is 0 Å². The van der Waals surface area contributed by atoms with Gasteiger partial charge in [0.15, 0.2) is 0 Å². The lowest BCUT2D eigenvalue weighted by Gasteiger charge is -2.11. The van der Waals surface area contributed by atoms with Gasteiger partial charge < -0.3 is 4.90 Å². The van der Waals surface area contributed by atoms with Crippen molar-refractivity contribution in [3.63, 3.8) is 0 Å². The Kier molecular flexibility index (Phi) is 7.40. The van der Waals surface area contributed by atoms with E-state index in [1.54, 1.807) is 28.7 Å². The van der Waals surface area contributed by atoms with Crippen molar-refractivity contribution in [3.8, 4) is 12.1 Å². The molecule has 0 amide bonds. The van der Waals surface area contributed by atoms with Gasteiger partial charge in [0.1, 0.15) is 17.7 Å². The molecule has 148 valence electrons. The zero-order valence-electron chi connectivity index (χ0n) is 16.9. The first kappa shape index (κ1) is 21.3. The Balaban J connectivity index is 1.57. The zero-order valence-corrected chi connectivity index (χ0v) is 18.5. The van der Waals surface area contributed by atoms with Crippen molar-refractivity contribution in [2.75, 3.05) is 19.0 Å². The molecule has 0 saturated heterocycles. The van der Waals surface area contributed by atoms with E-state index >= 15 is 0 Å². The molecular weight excluding hydrogens is 406 g/mol. The van der Waals surface area contributed by atoms with Gasteiger partial charge in [0.25, 0.3) is 0 Å². The van der Waals surface area contributed by atoms with Gasteiger partial charge in [0, 0.05) is 45.7 Å². The molecule has 1 aromatic carbocycles. The fraction of sp³-hybridized carbons (Fsp3) is 0.120. The topological polar surface area (TPSA) is 50.8 Å². The number of nitrogens with zero attached hydrogens (tertiary/aromatic N) is 3. The molecule has 0 aliphatic carbocycles. The molecule has 3 nitrogen and oxygen atoms in total. The molecule has 0 aliphatic heterocycles. The summed E-state index contributed by atoms with van der Waals surface area (Å²) in [6, 6.07) is 20.5. The lowest BCUT2D eigenvalue weighted by Crippen LogP contribution is -2.07. The van der Waals surface area contributed by atoms with Crippen LogP contribution in [0.5, 0.6) is 0 Å². The number of hydrogen-bond acceptors (Lipinski definition) is 5. The minimum absolute atomic E-state index is 0.122. The van der Waals surface area contributed by atoms with E-state index in [9.17, 15) is 0 Å². The zero-order chi connectivity index (χ0) is 21.3. The molecule has 3 rings (SSSR count). The summed E-state index contributed by atoms with van der Waals surface area (Å²) in [6.45, 7) is 0. The van der Waals surface area contributed by atoms with Gasteiger partial charge in [-0.25, -0.2) is 0 Å². The predicted octanol–water partition coefficient (Wildman–Crippen LogP) is 6.73. The van der Waals surface area contributed by atoms with E-state index in [4.69, 9.17) is 10.5 Å². The van der Waals surface area contributed by atoms with Crippen molar-refractivity contribution in [2.24, 2.45) is 0 Å². The standard InChI is InChI=1S/C25H21N3S2/c1-28(2)21-8-6-19(7-9-21)4-3-5-22-10-11-23(29-22)12-13-24-14-15-25(30-24)16-20(17-26)18-27/h3-4,6-16H,5H2,1-2H3/b4-3+,13-12+. The summed E-state index contributed by atoms with van der Waals surface area (Å²) in [5, 5.41) is 17.7. The Bertz CT molecular complexity index is 1140. The number of anilines is 1. The van der Waals surface area contributed by atoms with Crippen LogP contribution < -0.4 is 4.90 Å². The number of hydrogen-bond donors (Lipinski definition) is 0. The van der Waals surface area contributed by atoms with Gasteiger partial charge in [-0.1, -0.05) is 24.3 Å². The normalized spacial score (nSPS) is 10.8. The molecule has 5 heteroatoms. The maximum absolute atomic E-state index is 8.85. The molecule has 0 bridgehead atoms. The molecule has 0 aliphatic rings. The number of thiophene rings is 2. The third kappa shape index (κ3) is 6.06. The highest BCUT2D eigenvalue weighted by Crippen LogP contribution is 2.24.